The number of benzene rings is 1. The Balaban J connectivity index is 3.15. The second kappa shape index (κ2) is 5.46. The summed E-state index contributed by atoms with van der Waals surface area (Å²) in [5.41, 5.74) is 0.487. The summed E-state index contributed by atoms with van der Waals surface area (Å²) >= 11 is 3.46. The van der Waals surface area contributed by atoms with Gasteiger partial charge in [-0.25, -0.2) is 17.9 Å². The van der Waals surface area contributed by atoms with Gasteiger partial charge >= 0.3 is 0 Å². The van der Waals surface area contributed by atoms with Crippen molar-refractivity contribution < 1.29 is 12.8 Å². The lowest BCUT2D eigenvalue weighted by Gasteiger charge is -2.18. The van der Waals surface area contributed by atoms with Crippen molar-refractivity contribution >= 4 is 26.0 Å². The van der Waals surface area contributed by atoms with E-state index in [-0.39, 0.29) is 15.6 Å². The molecule has 0 fully saturated rings. The lowest BCUT2D eigenvalue weighted by molar-refractivity contribution is 0.570. The minimum Gasteiger partial charge on any atom is -0.225 e. The van der Waals surface area contributed by atoms with E-state index in [1.165, 1.54) is 12.1 Å². The zero-order chi connectivity index (χ0) is 13.2. The van der Waals surface area contributed by atoms with E-state index in [2.05, 4.69) is 15.9 Å². The summed E-state index contributed by atoms with van der Waals surface area (Å²) in [6, 6.07) is 3.78. The fourth-order valence-corrected chi connectivity index (χ4v) is 2.41. The van der Waals surface area contributed by atoms with Crippen LogP contribution in [0, 0.1) is 5.82 Å². The molecule has 2 unspecified atom stereocenters. The van der Waals surface area contributed by atoms with Crippen LogP contribution < -0.4 is 5.14 Å². The molecule has 6 heteroatoms. The number of sulfonamides is 1. The van der Waals surface area contributed by atoms with Crippen molar-refractivity contribution in [1.29, 1.82) is 0 Å². The molecular formula is C11H15BrFNO2S. The second-order valence-corrected chi connectivity index (χ2v) is 6.68. The third kappa shape index (κ3) is 3.50. The van der Waals surface area contributed by atoms with Gasteiger partial charge in [-0.1, -0.05) is 35.8 Å². The molecule has 1 rings (SSSR count). The Bertz CT molecular complexity index is 504. The van der Waals surface area contributed by atoms with Gasteiger partial charge in [0.2, 0.25) is 10.0 Å². The van der Waals surface area contributed by atoms with Crippen LogP contribution in [0.1, 0.15) is 31.7 Å². The van der Waals surface area contributed by atoms with Crippen LogP contribution in [-0.4, -0.2) is 13.2 Å². The molecular weight excluding hydrogens is 309 g/mol. The SMILES string of the molecule is CCC(Br)C(C)c1ccc(S(N)(=O)=O)cc1F. The quantitative estimate of drug-likeness (QED) is 0.866. The lowest BCUT2D eigenvalue weighted by atomic mass is 9.96. The Labute approximate surface area is 109 Å². The van der Waals surface area contributed by atoms with Gasteiger partial charge in [0.1, 0.15) is 5.82 Å². The van der Waals surface area contributed by atoms with Crippen molar-refractivity contribution in [3.8, 4) is 0 Å². The van der Waals surface area contributed by atoms with Crippen LogP contribution in [0.15, 0.2) is 23.1 Å². The van der Waals surface area contributed by atoms with Crippen molar-refractivity contribution in [2.75, 3.05) is 0 Å². The molecule has 0 heterocycles. The molecule has 0 amide bonds. The zero-order valence-electron chi connectivity index (χ0n) is 9.65. The summed E-state index contributed by atoms with van der Waals surface area (Å²) in [5, 5.41) is 4.93. The predicted octanol–water partition coefficient (Wildman–Crippen LogP) is 2.75. The first-order valence-corrected chi connectivity index (χ1v) is 7.70. The van der Waals surface area contributed by atoms with Crippen LogP contribution in [0.25, 0.3) is 0 Å². The van der Waals surface area contributed by atoms with Crippen LogP contribution in [0.5, 0.6) is 0 Å². The van der Waals surface area contributed by atoms with E-state index in [0.717, 1.165) is 12.5 Å². The summed E-state index contributed by atoms with van der Waals surface area (Å²) in [5.74, 6) is -0.573. The van der Waals surface area contributed by atoms with Crippen LogP contribution in [-0.2, 0) is 10.0 Å². The fourth-order valence-electron chi connectivity index (χ4n) is 1.60. The topological polar surface area (TPSA) is 60.2 Å². The number of hydrogen-bond donors (Lipinski definition) is 1. The summed E-state index contributed by atoms with van der Waals surface area (Å²) in [7, 11) is -3.85. The molecule has 0 aliphatic rings. The molecule has 0 spiro atoms. The third-order valence-corrected chi connectivity index (χ3v) is 5.08. The molecule has 0 aromatic heterocycles. The highest BCUT2D eigenvalue weighted by Crippen LogP contribution is 2.29. The molecule has 1 aromatic rings. The van der Waals surface area contributed by atoms with Gasteiger partial charge in [0.05, 0.1) is 4.90 Å². The highest BCUT2D eigenvalue weighted by Gasteiger charge is 2.19. The van der Waals surface area contributed by atoms with Crippen LogP contribution in [0.4, 0.5) is 4.39 Å². The van der Waals surface area contributed by atoms with Crippen molar-refractivity contribution in [3.63, 3.8) is 0 Å². The number of nitrogens with two attached hydrogens (primary N) is 1. The largest absolute Gasteiger partial charge is 0.238 e. The average Bonchev–Trinajstić information content (AvgIpc) is 2.25. The molecule has 0 saturated carbocycles. The van der Waals surface area contributed by atoms with Crippen LogP contribution in [0.3, 0.4) is 0 Å². The Morgan fingerprint density at radius 2 is 2.06 bits per heavy atom. The Morgan fingerprint density at radius 1 is 1.47 bits per heavy atom. The van der Waals surface area contributed by atoms with Crippen molar-refractivity contribution in [3.05, 3.63) is 29.6 Å². The summed E-state index contributed by atoms with van der Waals surface area (Å²) in [4.78, 5) is -0.0501. The van der Waals surface area contributed by atoms with E-state index in [0.29, 0.717) is 5.56 Å². The lowest BCUT2D eigenvalue weighted by Crippen LogP contribution is -2.14. The second-order valence-electron chi connectivity index (χ2n) is 3.94. The smallest absolute Gasteiger partial charge is 0.225 e. The van der Waals surface area contributed by atoms with E-state index >= 15 is 0 Å². The molecule has 0 bridgehead atoms. The van der Waals surface area contributed by atoms with E-state index in [4.69, 9.17) is 5.14 Å². The van der Waals surface area contributed by atoms with E-state index < -0.39 is 15.8 Å². The molecule has 0 aliphatic carbocycles. The van der Waals surface area contributed by atoms with E-state index in [1.807, 2.05) is 13.8 Å². The van der Waals surface area contributed by atoms with Crippen LogP contribution >= 0.6 is 15.9 Å². The molecule has 3 nitrogen and oxygen atoms in total. The highest BCUT2D eigenvalue weighted by molar-refractivity contribution is 9.09. The Morgan fingerprint density at radius 3 is 2.47 bits per heavy atom. The molecule has 0 radical (unpaired) electrons. The predicted molar refractivity (Wildman–Crippen MR) is 69.2 cm³/mol. The average molecular weight is 324 g/mol. The maximum Gasteiger partial charge on any atom is 0.238 e. The van der Waals surface area contributed by atoms with Gasteiger partial charge < -0.3 is 0 Å². The first-order valence-electron chi connectivity index (χ1n) is 5.23. The number of halogens is 2. The minimum absolute atomic E-state index is 0.0328. The van der Waals surface area contributed by atoms with Gasteiger partial charge in [-0.15, -0.1) is 0 Å². The first kappa shape index (κ1) is 14.6. The maximum atomic E-state index is 13.8. The standard InChI is InChI=1S/C11H15BrFNO2S/c1-3-10(12)7(2)9-5-4-8(6-11(9)13)17(14,15)16/h4-7,10H,3H2,1-2H3,(H2,14,15,16). The normalized spacial score (nSPS) is 15.6. The molecule has 0 saturated heterocycles. The monoisotopic (exact) mass is 323 g/mol. The number of hydrogen-bond acceptors (Lipinski definition) is 2. The van der Waals surface area contributed by atoms with Gasteiger partial charge in [-0.2, -0.15) is 0 Å². The van der Waals surface area contributed by atoms with Crippen molar-refractivity contribution in [2.24, 2.45) is 5.14 Å². The van der Waals surface area contributed by atoms with E-state index in [9.17, 15) is 12.8 Å². The van der Waals surface area contributed by atoms with Crippen LogP contribution in [0.2, 0.25) is 0 Å². The molecule has 1 aromatic carbocycles. The first-order chi connectivity index (χ1) is 7.77. The number of rotatable bonds is 4. The number of alkyl halides is 1. The van der Waals surface area contributed by atoms with Gasteiger partial charge in [0, 0.05) is 4.83 Å². The molecule has 2 N–H and O–H groups in total. The summed E-state index contributed by atoms with van der Waals surface area (Å²) in [6.07, 6.45) is 0.859. The van der Waals surface area contributed by atoms with E-state index in [1.54, 1.807) is 0 Å². The van der Waals surface area contributed by atoms with Gasteiger partial charge in [-0.3, -0.25) is 0 Å². The van der Waals surface area contributed by atoms with Gasteiger partial charge in [0.15, 0.2) is 0 Å². The van der Waals surface area contributed by atoms with Crippen molar-refractivity contribution in [2.45, 2.75) is 35.9 Å². The zero-order valence-corrected chi connectivity index (χ0v) is 12.1. The summed E-state index contributed by atoms with van der Waals surface area (Å²) < 4.78 is 35.9. The summed E-state index contributed by atoms with van der Waals surface area (Å²) in [6.45, 7) is 3.88. The molecule has 96 valence electrons. The Hall–Kier alpha value is -0.460. The fraction of sp³-hybridized carbons (Fsp3) is 0.455. The molecule has 17 heavy (non-hydrogen) atoms. The molecule has 0 aliphatic heterocycles. The maximum absolute atomic E-state index is 13.8. The van der Waals surface area contributed by atoms with Gasteiger partial charge in [-0.05, 0) is 30.0 Å². The minimum atomic E-state index is -3.85. The third-order valence-electron chi connectivity index (χ3n) is 2.72. The van der Waals surface area contributed by atoms with Gasteiger partial charge in [0.25, 0.3) is 0 Å². The highest BCUT2D eigenvalue weighted by atomic mass is 79.9. The van der Waals surface area contributed by atoms with Crippen molar-refractivity contribution in [1.82, 2.24) is 0 Å². The molecule has 2 atom stereocenters. The number of primary sulfonamides is 1. The Kier molecular flexibility index (Phi) is 4.69.